The van der Waals surface area contributed by atoms with Crippen LogP contribution >= 0.6 is 23.2 Å². The van der Waals surface area contributed by atoms with E-state index in [9.17, 15) is 9.59 Å². The van der Waals surface area contributed by atoms with Gasteiger partial charge in [-0.3, -0.25) is 19.1 Å². The van der Waals surface area contributed by atoms with Crippen LogP contribution in [0.25, 0.3) is 10.9 Å². The van der Waals surface area contributed by atoms with Crippen LogP contribution in [-0.4, -0.2) is 54.8 Å². The number of nitrogens with zero attached hydrogens (tertiary/aromatic N) is 3. The fourth-order valence-electron chi connectivity index (χ4n) is 4.93. The maximum absolute atomic E-state index is 12.7. The van der Waals surface area contributed by atoms with Gasteiger partial charge in [-0.2, -0.15) is 0 Å². The summed E-state index contributed by atoms with van der Waals surface area (Å²) >= 11 is 12.6. The second kappa shape index (κ2) is 14.3. The van der Waals surface area contributed by atoms with E-state index in [1.807, 2.05) is 64.1 Å². The van der Waals surface area contributed by atoms with Crippen LogP contribution in [0.15, 0.2) is 64.5 Å². The average molecular weight is 601 g/mol. The quantitative estimate of drug-likeness (QED) is 0.137. The summed E-state index contributed by atoms with van der Waals surface area (Å²) in [5.41, 5.74) is 3.50. The van der Waals surface area contributed by atoms with Crippen molar-refractivity contribution in [2.75, 3.05) is 44.2 Å². The number of hydrogen-bond acceptors (Lipinski definition) is 6. The maximum Gasteiger partial charge on any atom is 0.314 e. The summed E-state index contributed by atoms with van der Waals surface area (Å²) in [6, 6.07) is 14.7. The topological polar surface area (TPSA) is 64.0 Å². The van der Waals surface area contributed by atoms with Gasteiger partial charge in [0.2, 0.25) is 0 Å². The molecule has 220 valence electrons. The van der Waals surface area contributed by atoms with Gasteiger partial charge in [-0.25, -0.2) is 0 Å². The zero-order valence-electron chi connectivity index (χ0n) is 24.3. The molecule has 1 aliphatic rings. The molecule has 2 heterocycles. The molecule has 0 radical (unpaired) electrons. The van der Waals surface area contributed by atoms with E-state index in [1.165, 1.54) is 10.6 Å². The van der Waals surface area contributed by atoms with Crippen LogP contribution in [0.3, 0.4) is 0 Å². The second-order valence-corrected chi connectivity index (χ2v) is 11.6. The number of carbonyl (C=O) groups is 1. The molecule has 2 aromatic carbocycles. The first-order chi connectivity index (χ1) is 19.7. The van der Waals surface area contributed by atoms with Gasteiger partial charge in [0.25, 0.3) is 5.56 Å². The van der Waals surface area contributed by atoms with Gasteiger partial charge >= 0.3 is 5.97 Å². The number of aromatic nitrogens is 1. The number of fused-ring (bicyclic) bond motifs is 1. The summed E-state index contributed by atoms with van der Waals surface area (Å²) in [6.45, 7) is 12.9. The van der Waals surface area contributed by atoms with E-state index in [4.69, 9.17) is 32.7 Å². The highest BCUT2D eigenvalue weighted by Gasteiger charge is 2.20. The Morgan fingerprint density at radius 2 is 1.71 bits per heavy atom. The van der Waals surface area contributed by atoms with Gasteiger partial charge in [0.15, 0.2) is 6.73 Å². The fourth-order valence-corrected chi connectivity index (χ4v) is 5.35. The molecule has 1 aliphatic heterocycles. The summed E-state index contributed by atoms with van der Waals surface area (Å²) < 4.78 is 13.0. The number of anilines is 1. The number of esters is 1. The third-order valence-electron chi connectivity index (χ3n) is 7.87. The van der Waals surface area contributed by atoms with E-state index in [1.54, 1.807) is 6.07 Å². The first-order valence-corrected chi connectivity index (χ1v) is 14.9. The lowest BCUT2D eigenvalue weighted by Crippen LogP contribution is -2.46. The number of pyridine rings is 1. The second-order valence-electron chi connectivity index (χ2n) is 10.8. The molecule has 0 saturated carbocycles. The van der Waals surface area contributed by atoms with E-state index in [0.29, 0.717) is 27.9 Å². The molecule has 0 bridgehead atoms. The Hall–Kier alpha value is -3.00. The van der Waals surface area contributed by atoms with E-state index in [0.717, 1.165) is 67.8 Å². The van der Waals surface area contributed by atoms with Gasteiger partial charge in [-0.15, -0.1) is 0 Å². The fraction of sp³-hybridized carbons (Fsp3) is 0.438. The highest BCUT2D eigenvalue weighted by atomic mass is 35.5. The van der Waals surface area contributed by atoms with Crippen molar-refractivity contribution in [1.29, 1.82) is 0 Å². The van der Waals surface area contributed by atoms with Gasteiger partial charge in [0.05, 0.1) is 33.8 Å². The van der Waals surface area contributed by atoms with E-state index >= 15 is 0 Å². The van der Waals surface area contributed by atoms with Crippen molar-refractivity contribution < 1.29 is 14.3 Å². The molecule has 1 unspecified atom stereocenters. The number of piperazine rings is 1. The van der Waals surface area contributed by atoms with E-state index in [-0.39, 0.29) is 24.2 Å². The Bertz CT molecular complexity index is 1460. The molecular formula is C32H39Cl2N3O4. The average Bonchev–Trinajstić information content (AvgIpc) is 2.97. The zero-order valence-corrected chi connectivity index (χ0v) is 25.8. The Morgan fingerprint density at radius 3 is 2.44 bits per heavy atom. The SMILES string of the molecule is CC(C)=C(C)C(C)C(=O)OCn1c(=O)ccc2ccc(OCCCCN3CCN(c4cccc(Cl)c4Cl)CC3)cc21. The lowest BCUT2D eigenvalue weighted by Gasteiger charge is -2.36. The smallest absolute Gasteiger partial charge is 0.314 e. The lowest BCUT2D eigenvalue weighted by molar-refractivity contribution is -0.150. The molecule has 9 heteroatoms. The molecule has 41 heavy (non-hydrogen) atoms. The Labute approximate surface area is 252 Å². The van der Waals surface area contributed by atoms with Crippen LogP contribution in [0.1, 0.15) is 40.5 Å². The minimum absolute atomic E-state index is 0.143. The standard InChI is InChI=1S/C32H39Cl2N3O4/c1-22(2)23(3)24(4)32(39)41-21-37-29-20-26(12-10-25(29)11-13-30(37)38)40-19-6-5-14-35-15-17-36(18-16-35)28-9-7-8-27(33)31(28)34/h7-13,20,24H,5-6,14-19,21H2,1-4H3. The number of carbonyl (C=O) groups excluding carboxylic acids is 1. The predicted molar refractivity (Wildman–Crippen MR) is 167 cm³/mol. The number of allylic oxidation sites excluding steroid dienone is 1. The number of benzene rings is 2. The lowest BCUT2D eigenvalue weighted by atomic mass is 9.99. The van der Waals surface area contributed by atoms with Gasteiger partial charge < -0.3 is 14.4 Å². The zero-order chi connectivity index (χ0) is 29.5. The van der Waals surface area contributed by atoms with Crippen LogP contribution < -0.4 is 15.2 Å². The van der Waals surface area contributed by atoms with Crippen molar-refractivity contribution in [1.82, 2.24) is 9.47 Å². The number of ether oxygens (including phenoxy) is 2. The summed E-state index contributed by atoms with van der Waals surface area (Å²) in [6.07, 6.45) is 1.94. The molecule has 0 amide bonds. The minimum atomic E-state index is -0.366. The van der Waals surface area contributed by atoms with Crippen molar-refractivity contribution in [2.45, 2.75) is 47.3 Å². The summed E-state index contributed by atoms with van der Waals surface area (Å²) in [5, 5.41) is 2.08. The molecule has 1 saturated heterocycles. The molecule has 1 fully saturated rings. The van der Waals surface area contributed by atoms with Crippen molar-refractivity contribution in [3.8, 4) is 5.75 Å². The van der Waals surface area contributed by atoms with Gasteiger partial charge in [0, 0.05) is 38.3 Å². The first kappa shape index (κ1) is 30.9. The van der Waals surface area contributed by atoms with Crippen molar-refractivity contribution in [2.24, 2.45) is 5.92 Å². The highest BCUT2D eigenvalue weighted by Crippen LogP contribution is 2.33. The van der Waals surface area contributed by atoms with Crippen molar-refractivity contribution in [3.05, 3.63) is 80.1 Å². The molecule has 0 aliphatic carbocycles. The Kier molecular flexibility index (Phi) is 10.8. The van der Waals surface area contributed by atoms with Gasteiger partial charge in [-0.1, -0.05) is 40.4 Å². The summed E-state index contributed by atoms with van der Waals surface area (Å²) in [5.74, 6) is -0.0338. The van der Waals surface area contributed by atoms with Crippen LogP contribution in [0.2, 0.25) is 10.0 Å². The first-order valence-electron chi connectivity index (χ1n) is 14.1. The third kappa shape index (κ3) is 7.85. The minimum Gasteiger partial charge on any atom is -0.494 e. The largest absolute Gasteiger partial charge is 0.494 e. The monoisotopic (exact) mass is 599 g/mol. The number of halogens is 2. The molecule has 0 spiro atoms. The molecule has 1 atom stereocenters. The molecule has 7 nitrogen and oxygen atoms in total. The normalized spacial score (nSPS) is 14.6. The maximum atomic E-state index is 12.7. The Balaban J connectivity index is 1.26. The van der Waals surface area contributed by atoms with Gasteiger partial charge in [0.1, 0.15) is 5.75 Å². The summed E-state index contributed by atoms with van der Waals surface area (Å²) in [4.78, 5) is 30.0. The highest BCUT2D eigenvalue weighted by molar-refractivity contribution is 6.43. The number of rotatable bonds is 11. The van der Waals surface area contributed by atoms with Gasteiger partial charge in [-0.05, 0) is 82.8 Å². The third-order valence-corrected chi connectivity index (χ3v) is 8.68. The number of unbranched alkanes of at least 4 members (excludes halogenated alkanes) is 1. The van der Waals surface area contributed by atoms with Crippen LogP contribution in [-0.2, 0) is 16.3 Å². The van der Waals surface area contributed by atoms with Crippen LogP contribution in [0.4, 0.5) is 5.69 Å². The predicted octanol–water partition coefficient (Wildman–Crippen LogP) is 6.78. The van der Waals surface area contributed by atoms with E-state index < -0.39 is 0 Å². The van der Waals surface area contributed by atoms with Crippen LogP contribution in [0.5, 0.6) is 5.75 Å². The van der Waals surface area contributed by atoms with Crippen LogP contribution in [0, 0.1) is 5.92 Å². The number of hydrogen-bond donors (Lipinski definition) is 0. The van der Waals surface area contributed by atoms with E-state index in [2.05, 4.69) is 9.80 Å². The van der Waals surface area contributed by atoms with Crippen molar-refractivity contribution >= 4 is 45.8 Å². The molecule has 0 N–H and O–H groups in total. The molecular weight excluding hydrogens is 561 g/mol. The van der Waals surface area contributed by atoms with Crippen molar-refractivity contribution in [3.63, 3.8) is 0 Å². The molecule has 4 rings (SSSR count). The molecule has 1 aromatic heterocycles. The molecule has 3 aromatic rings. The Morgan fingerprint density at radius 1 is 0.976 bits per heavy atom. The summed E-state index contributed by atoms with van der Waals surface area (Å²) in [7, 11) is 0.